The normalized spacial score (nSPS) is 23.2. The third kappa shape index (κ3) is 2.87. The molecule has 1 atom stereocenters. The Labute approximate surface area is 128 Å². The fourth-order valence-corrected chi connectivity index (χ4v) is 3.40. The first-order chi connectivity index (χ1) is 10.1. The molecule has 0 saturated heterocycles. The van der Waals surface area contributed by atoms with Crippen LogP contribution in [-0.2, 0) is 11.8 Å². The number of ether oxygens (including phenoxy) is 1. The monoisotopic (exact) mass is 309 g/mol. The third-order valence-electron chi connectivity index (χ3n) is 4.31. The standard InChI is InChI=1S/C16H20ClNO3/c1-3-20-12-6-10(7-12)8-13(17)11-4-5-14-15(9-11)21-16(19)18(14)2/h4-5,9-10,12-13H,3,6-8H2,1-2H3. The van der Waals surface area contributed by atoms with E-state index >= 15 is 0 Å². The lowest BCUT2D eigenvalue weighted by molar-refractivity contribution is -0.0267. The minimum absolute atomic E-state index is 0.0486. The van der Waals surface area contributed by atoms with Gasteiger partial charge in [0.25, 0.3) is 0 Å². The highest BCUT2D eigenvalue weighted by Crippen LogP contribution is 2.39. The van der Waals surface area contributed by atoms with Crippen molar-refractivity contribution in [2.75, 3.05) is 6.61 Å². The summed E-state index contributed by atoms with van der Waals surface area (Å²) in [5.74, 6) is 0.286. The molecule has 0 bridgehead atoms. The Kier molecular flexibility index (Phi) is 4.09. The molecule has 21 heavy (non-hydrogen) atoms. The van der Waals surface area contributed by atoms with E-state index < -0.39 is 0 Å². The van der Waals surface area contributed by atoms with Gasteiger partial charge in [-0.1, -0.05) is 6.07 Å². The van der Waals surface area contributed by atoms with E-state index in [0.717, 1.165) is 36.9 Å². The van der Waals surface area contributed by atoms with E-state index in [1.165, 1.54) is 4.57 Å². The van der Waals surface area contributed by atoms with Crippen LogP contribution in [0.2, 0.25) is 0 Å². The molecule has 1 saturated carbocycles. The molecule has 0 amide bonds. The number of hydrogen-bond acceptors (Lipinski definition) is 3. The molecule has 1 aliphatic carbocycles. The molecule has 1 aliphatic rings. The van der Waals surface area contributed by atoms with Crippen molar-refractivity contribution < 1.29 is 9.15 Å². The number of fused-ring (bicyclic) bond motifs is 1. The molecule has 5 heteroatoms. The summed E-state index contributed by atoms with van der Waals surface area (Å²) < 4.78 is 12.3. The van der Waals surface area contributed by atoms with Gasteiger partial charge < -0.3 is 9.15 Å². The van der Waals surface area contributed by atoms with Crippen LogP contribution in [0.15, 0.2) is 27.4 Å². The highest BCUT2D eigenvalue weighted by atomic mass is 35.5. The van der Waals surface area contributed by atoms with Gasteiger partial charge in [0.1, 0.15) is 0 Å². The molecule has 0 N–H and O–H groups in total. The lowest BCUT2D eigenvalue weighted by Gasteiger charge is -2.36. The van der Waals surface area contributed by atoms with Crippen LogP contribution < -0.4 is 5.76 Å². The van der Waals surface area contributed by atoms with E-state index in [2.05, 4.69) is 0 Å². The molecule has 1 unspecified atom stereocenters. The van der Waals surface area contributed by atoms with Crippen molar-refractivity contribution >= 4 is 22.7 Å². The van der Waals surface area contributed by atoms with E-state index in [0.29, 0.717) is 17.6 Å². The highest BCUT2D eigenvalue weighted by Gasteiger charge is 2.31. The molecule has 1 fully saturated rings. The van der Waals surface area contributed by atoms with E-state index in [-0.39, 0.29) is 11.1 Å². The zero-order valence-electron chi connectivity index (χ0n) is 12.3. The van der Waals surface area contributed by atoms with Crippen LogP contribution in [0.5, 0.6) is 0 Å². The zero-order valence-corrected chi connectivity index (χ0v) is 13.1. The molecular weight excluding hydrogens is 290 g/mol. The van der Waals surface area contributed by atoms with Crippen LogP contribution in [0.1, 0.15) is 37.1 Å². The number of aryl methyl sites for hydroxylation is 1. The highest BCUT2D eigenvalue weighted by molar-refractivity contribution is 6.20. The smallest absolute Gasteiger partial charge is 0.408 e. The molecule has 0 radical (unpaired) electrons. The van der Waals surface area contributed by atoms with Crippen LogP contribution in [0.3, 0.4) is 0 Å². The first-order valence-electron chi connectivity index (χ1n) is 7.43. The summed E-state index contributed by atoms with van der Waals surface area (Å²) in [6.45, 7) is 2.81. The van der Waals surface area contributed by atoms with Gasteiger partial charge in [-0.3, -0.25) is 4.57 Å². The van der Waals surface area contributed by atoms with Gasteiger partial charge in [0.2, 0.25) is 0 Å². The number of benzene rings is 1. The van der Waals surface area contributed by atoms with Crippen LogP contribution in [0.25, 0.3) is 11.1 Å². The lowest BCUT2D eigenvalue weighted by Crippen LogP contribution is -2.31. The molecule has 114 valence electrons. The molecule has 4 nitrogen and oxygen atoms in total. The molecule has 0 spiro atoms. The summed E-state index contributed by atoms with van der Waals surface area (Å²) >= 11 is 6.52. The average Bonchev–Trinajstić information content (AvgIpc) is 2.71. The second-order valence-electron chi connectivity index (χ2n) is 5.77. The molecule has 1 heterocycles. The number of oxazole rings is 1. The maximum Gasteiger partial charge on any atom is 0.419 e. The second kappa shape index (κ2) is 5.85. The SMILES string of the molecule is CCOC1CC(CC(Cl)c2ccc3c(c2)oc(=O)n3C)C1. The number of alkyl halides is 1. The van der Waals surface area contributed by atoms with Gasteiger partial charge in [0.05, 0.1) is 17.0 Å². The predicted molar refractivity (Wildman–Crippen MR) is 82.8 cm³/mol. The quantitative estimate of drug-likeness (QED) is 0.792. The number of aromatic nitrogens is 1. The van der Waals surface area contributed by atoms with Crippen molar-refractivity contribution in [1.82, 2.24) is 4.57 Å². The first kappa shape index (κ1) is 14.7. The number of halogens is 1. The molecule has 1 aromatic heterocycles. The molecular formula is C16H20ClNO3. The number of hydrogen-bond donors (Lipinski definition) is 0. The topological polar surface area (TPSA) is 44.4 Å². The summed E-state index contributed by atoms with van der Waals surface area (Å²) in [5, 5.41) is -0.0486. The largest absolute Gasteiger partial charge is 0.419 e. The van der Waals surface area contributed by atoms with Crippen molar-refractivity contribution in [1.29, 1.82) is 0 Å². The summed E-state index contributed by atoms with van der Waals surface area (Å²) in [4.78, 5) is 11.5. The Morgan fingerprint density at radius 3 is 2.95 bits per heavy atom. The van der Waals surface area contributed by atoms with Crippen molar-refractivity contribution in [3.05, 3.63) is 34.3 Å². The minimum atomic E-state index is -0.341. The van der Waals surface area contributed by atoms with Gasteiger partial charge >= 0.3 is 5.76 Å². The first-order valence-corrected chi connectivity index (χ1v) is 7.87. The molecule has 1 aromatic carbocycles. The maximum absolute atomic E-state index is 11.5. The second-order valence-corrected chi connectivity index (χ2v) is 6.30. The van der Waals surface area contributed by atoms with Gasteiger partial charge in [-0.05, 0) is 49.8 Å². The van der Waals surface area contributed by atoms with Gasteiger partial charge in [0.15, 0.2) is 5.58 Å². The van der Waals surface area contributed by atoms with Crippen molar-refractivity contribution in [3.63, 3.8) is 0 Å². The van der Waals surface area contributed by atoms with Gasteiger partial charge in [-0.15, -0.1) is 11.6 Å². The lowest BCUT2D eigenvalue weighted by atomic mass is 9.78. The Balaban J connectivity index is 1.68. The van der Waals surface area contributed by atoms with Gasteiger partial charge in [-0.2, -0.15) is 0 Å². The van der Waals surface area contributed by atoms with Crippen LogP contribution in [-0.4, -0.2) is 17.3 Å². The Hall–Kier alpha value is -1.26. The molecule has 3 rings (SSSR count). The molecule has 0 aliphatic heterocycles. The number of rotatable bonds is 5. The minimum Gasteiger partial charge on any atom is -0.408 e. The Morgan fingerprint density at radius 2 is 2.24 bits per heavy atom. The summed E-state index contributed by atoms with van der Waals surface area (Å²) in [7, 11) is 1.70. The van der Waals surface area contributed by atoms with E-state index in [1.54, 1.807) is 7.05 Å². The van der Waals surface area contributed by atoms with E-state index in [1.807, 2.05) is 25.1 Å². The average molecular weight is 310 g/mol. The fourth-order valence-electron chi connectivity index (χ4n) is 3.01. The van der Waals surface area contributed by atoms with Crippen LogP contribution in [0.4, 0.5) is 0 Å². The van der Waals surface area contributed by atoms with Crippen molar-refractivity contribution in [2.45, 2.75) is 37.7 Å². The summed E-state index contributed by atoms with van der Waals surface area (Å²) in [5.41, 5.74) is 2.41. The Morgan fingerprint density at radius 1 is 1.48 bits per heavy atom. The third-order valence-corrected chi connectivity index (χ3v) is 4.74. The number of nitrogens with zero attached hydrogens (tertiary/aromatic N) is 1. The Bertz CT molecular complexity index is 684. The zero-order chi connectivity index (χ0) is 15.0. The van der Waals surface area contributed by atoms with Crippen LogP contribution in [0, 0.1) is 5.92 Å². The van der Waals surface area contributed by atoms with Crippen molar-refractivity contribution in [2.24, 2.45) is 13.0 Å². The fraction of sp³-hybridized carbons (Fsp3) is 0.562. The summed E-state index contributed by atoms with van der Waals surface area (Å²) in [6.07, 6.45) is 3.55. The maximum atomic E-state index is 11.5. The molecule has 2 aromatic rings. The van der Waals surface area contributed by atoms with Gasteiger partial charge in [0, 0.05) is 13.7 Å². The summed E-state index contributed by atoms with van der Waals surface area (Å²) in [6, 6.07) is 5.76. The van der Waals surface area contributed by atoms with Gasteiger partial charge in [-0.25, -0.2) is 4.79 Å². The van der Waals surface area contributed by atoms with Crippen LogP contribution >= 0.6 is 11.6 Å². The predicted octanol–water partition coefficient (Wildman–Crippen LogP) is 3.62. The van der Waals surface area contributed by atoms with E-state index in [4.69, 9.17) is 20.8 Å². The van der Waals surface area contributed by atoms with E-state index in [9.17, 15) is 4.79 Å². The van der Waals surface area contributed by atoms with Crippen molar-refractivity contribution in [3.8, 4) is 0 Å².